The fraction of sp³-hybridized carbons (Fsp3) is 0.200. The number of benzene rings is 2. The Hall–Kier alpha value is -3.19. The fourth-order valence-corrected chi connectivity index (χ4v) is 2.52. The van der Waals surface area contributed by atoms with Crippen LogP contribution in [-0.2, 0) is 0 Å². The highest BCUT2D eigenvalue weighted by Gasteiger charge is 2.16. The van der Waals surface area contributed by atoms with Gasteiger partial charge in [0.15, 0.2) is 5.69 Å². The van der Waals surface area contributed by atoms with E-state index in [9.17, 15) is 9.18 Å². The van der Waals surface area contributed by atoms with Gasteiger partial charge in [0.2, 0.25) is 0 Å². The maximum atomic E-state index is 13.2. The third-order valence-electron chi connectivity index (χ3n) is 3.85. The van der Waals surface area contributed by atoms with Crippen molar-refractivity contribution >= 4 is 5.91 Å². The van der Waals surface area contributed by atoms with Gasteiger partial charge >= 0.3 is 0 Å². The molecule has 1 aromatic heterocycles. The summed E-state index contributed by atoms with van der Waals surface area (Å²) in [7, 11) is 0. The number of carbonyl (C=O) groups excluding carboxylic acids is 1. The fourth-order valence-electron chi connectivity index (χ4n) is 2.52. The zero-order chi connectivity index (χ0) is 19.4. The summed E-state index contributed by atoms with van der Waals surface area (Å²) in [5.74, 6) is 0.0687. The summed E-state index contributed by atoms with van der Waals surface area (Å²) in [4.78, 5) is 11.8. The summed E-state index contributed by atoms with van der Waals surface area (Å²) in [5, 5.41) is 13.1. The van der Waals surface area contributed by atoms with Crippen LogP contribution in [-0.4, -0.2) is 27.5 Å². The molecule has 0 bridgehead atoms. The molecule has 0 saturated carbocycles. The number of aromatic nitrogens is 2. The van der Waals surface area contributed by atoms with Gasteiger partial charge < -0.3 is 4.74 Å². The minimum Gasteiger partial charge on any atom is -0.493 e. The standard InChI is InChI=1S/C20H20FN3O3/c1-13(2)12-27-17-9-3-14(4-10-17)19-11-18(20(25)23-26)22-24(19)16-7-5-15(21)6-8-16/h3-11,13,26H,12H2,1-2H3,(H,23,25). The van der Waals surface area contributed by atoms with Crippen LogP contribution in [0.25, 0.3) is 16.9 Å². The quantitative estimate of drug-likeness (QED) is 0.511. The topological polar surface area (TPSA) is 76.4 Å². The molecule has 1 amide bonds. The summed E-state index contributed by atoms with van der Waals surface area (Å²) in [5.41, 5.74) is 3.61. The van der Waals surface area contributed by atoms with Crippen molar-refractivity contribution in [1.29, 1.82) is 0 Å². The minimum atomic E-state index is -0.728. The van der Waals surface area contributed by atoms with Gasteiger partial charge in [0.1, 0.15) is 11.6 Å². The van der Waals surface area contributed by atoms with Crippen molar-refractivity contribution in [1.82, 2.24) is 15.3 Å². The molecule has 2 aromatic carbocycles. The van der Waals surface area contributed by atoms with Crippen LogP contribution in [0.4, 0.5) is 4.39 Å². The molecule has 0 atom stereocenters. The van der Waals surface area contributed by atoms with E-state index in [-0.39, 0.29) is 11.5 Å². The number of ether oxygens (including phenoxy) is 1. The molecule has 0 aliphatic heterocycles. The molecular formula is C20H20FN3O3. The number of amides is 1. The number of nitrogens with zero attached hydrogens (tertiary/aromatic N) is 2. The zero-order valence-corrected chi connectivity index (χ0v) is 15.0. The van der Waals surface area contributed by atoms with Crippen LogP contribution in [0.15, 0.2) is 54.6 Å². The van der Waals surface area contributed by atoms with Crippen LogP contribution in [0, 0.1) is 11.7 Å². The molecule has 0 fully saturated rings. The number of halogens is 1. The van der Waals surface area contributed by atoms with E-state index in [0.29, 0.717) is 23.9 Å². The molecule has 0 spiro atoms. The Morgan fingerprint density at radius 2 is 1.85 bits per heavy atom. The highest BCUT2D eigenvalue weighted by Crippen LogP contribution is 2.26. The lowest BCUT2D eigenvalue weighted by atomic mass is 10.1. The molecule has 140 valence electrons. The molecule has 6 nitrogen and oxygen atoms in total. The average Bonchev–Trinajstić information content (AvgIpc) is 3.12. The van der Waals surface area contributed by atoms with Crippen LogP contribution in [0.2, 0.25) is 0 Å². The molecule has 3 aromatic rings. The van der Waals surface area contributed by atoms with E-state index in [1.165, 1.54) is 16.8 Å². The largest absolute Gasteiger partial charge is 0.493 e. The second-order valence-electron chi connectivity index (χ2n) is 6.47. The lowest BCUT2D eigenvalue weighted by Gasteiger charge is -2.10. The van der Waals surface area contributed by atoms with Gasteiger partial charge in [-0.3, -0.25) is 10.0 Å². The summed E-state index contributed by atoms with van der Waals surface area (Å²) >= 11 is 0. The highest BCUT2D eigenvalue weighted by molar-refractivity contribution is 5.92. The van der Waals surface area contributed by atoms with E-state index < -0.39 is 5.91 Å². The molecule has 2 N–H and O–H groups in total. The molecule has 1 heterocycles. The van der Waals surface area contributed by atoms with E-state index >= 15 is 0 Å². The van der Waals surface area contributed by atoms with E-state index in [4.69, 9.17) is 9.94 Å². The first-order valence-electron chi connectivity index (χ1n) is 8.51. The molecule has 0 saturated heterocycles. The number of nitrogens with one attached hydrogen (secondary N) is 1. The zero-order valence-electron chi connectivity index (χ0n) is 15.0. The van der Waals surface area contributed by atoms with Gasteiger partial charge in [-0.15, -0.1) is 0 Å². The molecule has 0 aliphatic carbocycles. The third kappa shape index (κ3) is 4.32. The second kappa shape index (κ2) is 8.01. The predicted octanol–water partition coefficient (Wildman–Crippen LogP) is 3.83. The van der Waals surface area contributed by atoms with E-state index in [1.807, 2.05) is 24.3 Å². The Bertz CT molecular complexity index is 919. The van der Waals surface area contributed by atoms with Gasteiger partial charge in [-0.25, -0.2) is 14.6 Å². The molecule has 7 heteroatoms. The Labute approximate surface area is 156 Å². The first-order chi connectivity index (χ1) is 13.0. The number of carbonyl (C=O) groups is 1. The van der Waals surface area contributed by atoms with Crippen molar-refractivity contribution in [2.45, 2.75) is 13.8 Å². The van der Waals surface area contributed by atoms with Crippen molar-refractivity contribution in [3.05, 3.63) is 66.1 Å². The molecular weight excluding hydrogens is 349 g/mol. The van der Waals surface area contributed by atoms with Crippen molar-refractivity contribution in [3.8, 4) is 22.7 Å². The summed E-state index contributed by atoms with van der Waals surface area (Å²) in [6.45, 7) is 4.76. The summed E-state index contributed by atoms with van der Waals surface area (Å²) in [6.07, 6.45) is 0. The van der Waals surface area contributed by atoms with E-state index in [0.717, 1.165) is 11.3 Å². The Balaban J connectivity index is 1.99. The Morgan fingerprint density at radius 3 is 2.44 bits per heavy atom. The molecule has 3 rings (SSSR count). The first-order valence-corrected chi connectivity index (χ1v) is 8.51. The highest BCUT2D eigenvalue weighted by atomic mass is 19.1. The van der Waals surface area contributed by atoms with Crippen molar-refractivity contribution < 1.29 is 19.1 Å². The Kier molecular flexibility index (Phi) is 5.52. The normalized spacial score (nSPS) is 10.9. The Morgan fingerprint density at radius 1 is 1.19 bits per heavy atom. The van der Waals surface area contributed by atoms with Crippen LogP contribution < -0.4 is 10.2 Å². The maximum absolute atomic E-state index is 13.2. The third-order valence-corrected chi connectivity index (χ3v) is 3.85. The number of rotatable bonds is 6. The van der Waals surface area contributed by atoms with Gasteiger partial charge in [0, 0.05) is 5.56 Å². The monoisotopic (exact) mass is 369 g/mol. The molecule has 0 aliphatic rings. The van der Waals surface area contributed by atoms with Crippen LogP contribution in [0.3, 0.4) is 0 Å². The van der Waals surface area contributed by atoms with Crippen LogP contribution in [0.1, 0.15) is 24.3 Å². The van der Waals surface area contributed by atoms with Crippen molar-refractivity contribution in [3.63, 3.8) is 0 Å². The molecule has 27 heavy (non-hydrogen) atoms. The van der Waals surface area contributed by atoms with Gasteiger partial charge in [-0.05, 0) is 60.5 Å². The van der Waals surface area contributed by atoms with Gasteiger partial charge in [-0.1, -0.05) is 13.8 Å². The van der Waals surface area contributed by atoms with Crippen molar-refractivity contribution in [2.75, 3.05) is 6.61 Å². The van der Waals surface area contributed by atoms with Gasteiger partial charge in [0.05, 0.1) is 18.0 Å². The smallest absolute Gasteiger partial charge is 0.295 e. The second-order valence-corrected chi connectivity index (χ2v) is 6.47. The SMILES string of the molecule is CC(C)COc1ccc(-c2cc(C(=O)NO)nn2-c2ccc(F)cc2)cc1. The number of hydroxylamine groups is 1. The van der Waals surface area contributed by atoms with E-state index in [2.05, 4.69) is 18.9 Å². The number of hydrogen-bond acceptors (Lipinski definition) is 4. The molecule has 0 radical (unpaired) electrons. The van der Waals surface area contributed by atoms with Crippen molar-refractivity contribution in [2.24, 2.45) is 5.92 Å². The minimum absolute atomic E-state index is 0.0389. The summed E-state index contributed by atoms with van der Waals surface area (Å²) in [6, 6.07) is 14.7. The van der Waals surface area contributed by atoms with Gasteiger partial charge in [0.25, 0.3) is 5.91 Å². The molecule has 0 unspecified atom stereocenters. The lowest BCUT2D eigenvalue weighted by molar-refractivity contribution is 0.0700. The lowest BCUT2D eigenvalue weighted by Crippen LogP contribution is -2.19. The average molecular weight is 369 g/mol. The van der Waals surface area contributed by atoms with Crippen LogP contribution in [0.5, 0.6) is 5.75 Å². The number of hydrogen-bond donors (Lipinski definition) is 2. The van der Waals surface area contributed by atoms with E-state index in [1.54, 1.807) is 23.7 Å². The maximum Gasteiger partial charge on any atom is 0.295 e. The first kappa shape index (κ1) is 18.6. The van der Waals surface area contributed by atoms with Crippen LogP contribution >= 0.6 is 0 Å². The summed E-state index contributed by atoms with van der Waals surface area (Å²) < 4.78 is 20.5. The van der Waals surface area contributed by atoms with Gasteiger partial charge in [-0.2, -0.15) is 5.10 Å². The predicted molar refractivity (Wildman–Crippen MR) is 98.5 cm³/mol.